The Bertz CT molecular complexity index is 463. The Hall–Kier alpha value is -0.930. The summed E-state index contributed by atoms with van der Waals surface area (Å²) in [6, 6.07) is 5.06. The fraction of sp³-hybridized carbons (Fsp3) is 0.500. The first-order valence-corrected chi connectivity index (χ1v) is 6.71. The number of anilines is 1. The molecule has 0 radical (unpaired) electrons. The Balaban J connectivity index is 0.00000180. The minimum absolute atomic E-state index is 0. The van der Waals surface area contributed by atoms with Gasteiger partial charge in [0.05, 0.1) is 10.6 Å². The van der Waals surface area contributed by atoms with Crippen LogP contribution in [0.15, 0.2) is 18.2 Å². The Labute approximate surface area is 125 Å². The molecule has 106 valence electrons. The molecule has 0 spiro atoms. The minimum Gasteiger partial charge on any atom is -0.399 e. The molecule has 1 amide bonds. The second-order valence-electron chi connectivity index (χ2n) is 5.28. The van der Waals surface area contributed by atoms with Crippen LogP contribution in [0, 0.1) is 11.8 Å². The molecule has 1 fully saturated rings. The van der Waals surface area contributed by atoms with Crippen molar-refractivity contribution < 1.29 is 4.79 Å². The first kappa shape index (κ1) is 16.1. The zero-order valence-electron chi connectivity index (χ0n) is 11.2. The van der Waals surface area contributed by atoms with Gasteiger partial charge in [0.2, 0.25) is 0 Å². The molecule has 1 aromatic carbocycles. The number of nitrogens with two attached hydrogens (primary N) is 1. The Morgan fingerprint density at radius 2 is 2.16 bits per heavy atom. The van der Waals surface area contributed by atoms with Gasteiger partial charge in [-0.1, -0.05) is 25.4 Å². The maximum absolute atomic E-state index is 12.3. The fourth-order valence-electron chi connectivity index (χ4n) is 2.39. The number of nitrogens with zero attached hydrogens (tertiary/aromatic N) is 1. The molecule has 2 rings (SSSR count). The summed E-state index contributed by atoms with van der Waals surface area (Å²) in [6.45, 7) is 6.06. The summed E-state index contributed by atoms with van der Waals surface area (Å²) < 4.78 is 0. The van der Waals surface area contributed by atoms with Gasteiger partial charge in [-0.25, -0.2) is 0 Å². The summed E-state index contributed by atoms with van der Waals surface area (Å²) in [5, 5.41) is 0.438. The van der Waals surface area contributed by atoms with E-state index in [2.05, 4.69) is 13.8 Å². The average Bonchev–Trinajstić information content (AvgIpc) is 2.77. The summed E-state index contributed by atoms with van der Waals surface area (Å²) in [5.41, 5.74) is 6.77. The van der Waals surface area contributed by atoms with E-state index in [1.54, 1.807) is 18.2 Å². The standard InChI is InChI=1S/C14H19ClN2O.ClH/c1-9(2)10-5-6-17(8-10)14(18)12-4-3-11(16)7-13(12)15;/h3-4,7,9-10H,5-6,8,16H2,1-2H3;1H. The first-order chi connectivity index (χ1) is 8.49. The molecule has 19 heavy (non-hydrogen) atoms. The summed E-state index contributed by atoms with van der Waals surface area (Å²) >= 11 is 6.07. The van der Waals surface area contributed by atoms with Crippen LogP contribution in [0.3, 0.4) is 0 Å². The SMILES string of the molecule is CC(C)C1CCN(C(=O)c2ccc(N)cc2Cl)C1.Cl. The van der Waals surface area contributed by atoms with Gasteiger partial charge in [-0.05, 0) is 36.5 Å². The smallest absolute Gasteiger partial charge is 0.255 e. The number of hydrogen-bond donors (Lipinski definition) is 1. The first-order valence-electron chi connectivity index (χ1n) is 6.33. The molecule has 1 heterocycles. The van der Waals surface area contributed by atoms with Crippen LogP contribution in [0.5, 0.6) is 0 Å². The molecule has 1 atom stereocenters. The van der Waals surface area contributed by atoms with Gasteiger partial charge in [-0.2, -0.15) is 0 Å². The highest BCUT2D eigenvalue weighted by molar-refractivity contribution is 6.34. The molecule has 1 aliphatic rings. The van der Waals surface area contributed by atoms with Gasteiger partial charge in [-0.15, -0.1) is 12.4 Å². The normalized spacial score (nSPS) is 18.5. The second-order valence-corrected chi connectivity index (χ2v) is 5.69. The summed E-state index contributed by atoms with van der Waals surface area (Å²) in [6.07, 6.45) is 1.08. The van der Waals surface area contributed by atoms with Crippen LogP contribution in [0.25, 0.3) is 0 Å². The summed E-state index contributed by atoms with van der Waals surface area (Å²) in [7, 11) is 0. The molecule has 2 N–H and O–H groups in total. The molecule has 0 saturated carbocycles. The van der Waals surface area contributed by atoms with Gasteiger partial charge < -0.3 is 10.6 Å². The highest BCUT2D eigenvalue weighted by atomic mass is 35.5. The summed E-state index contributed by atoms with van der Waals surface area (Å²) in [5.74, 6) is 1.23. The van der Waals surface area contributed by atoms with Crippen LogP contribution in [0.4, 0.5) is 5.69 Å². The number of halogens is 2. The predicted molar refractivity (Wildman–Crippen MR) is 82.0 cm³/mol. The highest BCUT2D eigenvalue weighted by Gasteiger charge is 2.29. The topological polar surface area (TPSA) is 46.3 Å². The van der Waals surface area contributed by atoms with Crippen molar-refractivity contribution in [3.8, 4) is 0 Å². The van der Waals surface area contributed by atoms with E-state index in [1.807, 2.05) is 4.90 Å². The number of rotatable bonds is 2. The lowest BCUT2D eigenvalue weighted by molar-refractivity contribution is 0.0784. The van der Waals surface area contributed by atoms with Crippen molar-refractivity contribution in [1.29, 1.82) is 0 Å². The van der Waals surface area contributed by atoms with Gasteiger partial charge in [0.1, 0.15) is 0 Å². The third kappa shape index (κ3) is 3.54. The van der Waals surface area contributed by atoms with Crippen molar-refractivity contribution in [2.24, 2.45) is 11.8 Å². The third-order valence-corrected chi connectivity index (χ3v) is 3.99. The second kappa shape index (κ2) is 6.49. The minimum atomic E-state index is 0. The number of hydrogen-bond acceptors (Lipinski definition) is 2. The molecular weight excluding hydrogens is 283 g/mol. The Kier molecular flexibility index (Phi) is 5.50. The maximum Gasteiger partial charge on any atom is 0.255 e. The molecule has 5 heteroatoms. The van der Waals surface area contributed by atoms with E-state index < -0.39 is 0 Å². The molecule has 1 unspecified atom stereocenters. The van der Waals surface area contributed by atoms with Crippen LogP contribution >= 0.6 is 24.0 Å². The van der Waals surface area contributed by atoms with Crippen LogP contribution in [-0.4, -0.2) is 23.9 Å². The van der Waals surface area contributed by atoms with Gasteiger partial charge in [0.15, 0.2) is 0 Å². The van der Waals surface area contributed by atoms with Crippen LogP contribution in [-0.2, 0) is 0 Å². The quantitative estimate of drug-likeness (QED) is 0.850. The zero-order valence-corrected chi connectivity index (χ0v) is 12.8. The monoisotopic (exact) mass is 302 g/mol. The van der Waals surface area contributed by atoms with Gasteiger partial charge >= 0.3 is 0 Å². The van der Waals surface area contributed by atoms with E-state index in [0.29, 0.717) is 28.1 Å². The summed E-state index contributed by atoms with van der Waals surface area (Å²) in [4.78, 5) is 14.2. The lowest BCUT2D eigenvalue weighted by atomic mass is 9.95. The highest BCUT2D eigenvalue weighted by Crippen LogP contribution is 2.27. The number of benzene rings is 1. The van der Waals surface area contributed by atoms with Crippen LogP contribution in [0.1, 0.15) is 30.6 Å². The lowest BCUT2D eigenvalue weighted by Gasteiger charge is -2.18. The molecule has 1 aromatic rings. The average molecular weight is 303 g/mol. The van der Waals surface area contributed by atoms with E-state index in [-0.39, 0.29) is 18.3 Å². The number of likely N-dealkylation sites (tertiary alicyclic amines) is 1. The van der Waals surface area contributed by atoms with Crippen LogP contribution in [0.2, 0.25) is 5.02 Å². The zero-order chi connectivity index (χ0) is 13.3. The predicted octanol–water partition coefficient (Wildman–Crippen LogP) is 3.46. The molecule has 0 bridgehead atoms. The van der Waals surface area contributed by atoms with Crippen molar-refractivity contribution >= 4 is 35.6 Å². The van der Waals surface area contributed by atoms with E-state index >= 15 is 0 Å². The van der Waals surface area contributed by atoms with Crippen molar-refractivity contribution in [3.63, 3.8) is 0 Å². The maximum atomic E-state index is 12.3. The number of carbonyl (C=O) groups is 1. The third-order valence-electron chi connectivity index (χ3n) is 3.68. The van der Waals surface area contributed by atoms with E-state index in [1.165, 1.54) is 0 Å². The molecule has 1 aliphatic heterocycles. The van der Waals surface area contributed by atoms with E-state index in [0.717, 1.165) is 19.5 Å². The van der Waals surface area contributed by atoms with Gasteiger partial charge in [0, 0.05) is 18.8 Å². The van der Waals surface area contributed by atoms with Crippen molar-refractivity contribution in [2.45, 2.75) is 20.3 Å². The fourth-order valence-corrected chi connectivity index (χ4v) is 2.66. The molecule has 1 saturated heterocycles. The molecule has 3 nitrogen and oxygen atoms in total. The van der Waals surface area contributed by atoms with E-state index in [4.69, 9.17) is 17.3 Å². The number of nitrogen functional groups attached to an aromatic ring is 1. The molecule has 0 aromatic heterocycles. The van der Waals surface area contributed by atoms with Gasteiger partial charge in [-0.3, -0.25) is 4.79 Å². The van der Waals surface area contributed by atoms with Gasteiger partial charge in [0.25, 0.3) is 5.91 Å². The largest absolute Gasteiger partial charge is 0.399 e. The lowest BCUT2D eigenvalue weighted by Crippen LogP contribution is -2.29. The molecular formula is C14H20Cl2N2O. The van der Waals surface area contributed by atoms with Crippen molar-refractivity contribution in [3.05, 3.63) is 28.8 Å². The van der Waals surface area contributed by atoms with E-state index in [9.17, 15) is 4.79 Å². The Morgan fingerprint density at radius 1 is 1.47 bits per heavy atom. The van der Waals surface area contributed by atoms with Crippen molar-refractivity contribution in [2.75, 3.05) is 18.8 Å². The number of carbonyl (C=O) groups excluding carboxylic acids is 1. The van der Waals surface area contributed by atoms with Crippen molar-refractivity contribution in [1.82, 2.24) is 4.90 Å². The Morgan fingerprint density at radius 3 is 2.68 bits per heavy atom. The molecule has 0 aliphatic carbocycles. The number of amides is 1. The van der Waals surface area contributed by atoms with Crippen LogP contribution < -0.4 is 5.73 Å².